The summed E-state index contributed by atoms with van der Waals surface area (Å²) < 4.78 is 31.2. The number of carbonyl (C=O) groups excluding carboxylic acids is 3. The third-order valence-electron chi connectivity index (χ3n) is 4.94. The average Bonchev–Trinajstić information content (AvgIpc) is 2.82. The van der Waals surface area contributed by atoms with Gasteiger partial charge in [0.25, 0.3) is 11.6 Å². The second-order valence-corrected chi connectivity index (χ2v) is 9.83. The Bertz CT molecular complexity index is 1500. The molecule has 1 aliphatic rings. The van der Waals surface area contributed by atoms with E-state index in [-0.39, 0.29) is 42.3 Å². The summed E-state index contributed by atoms with van der Waals surface area (Å²) in [4.78, 5) is 47.0. The van der Waals surface area contributed by atoms with Gasteiger partial charge in [-0.05, 0) is 52.3 Å². The van der Waals surface area contributed by atoms with Crippen molar-refractivity contribution in [2.45, 2.75) is 9.79 Å². The summed E-state index contributed by atoms with van der Waals surface area (Å²) in [6.07, 6.45) is 0. The summed E-state index contributed by atoms with van der Waals surface area (Å²) in [6, 6.07) is 13.0. The number of benzene rings is 3. The Balaban J connectivity index is 1.49. The number of rotatable bonds is 5. The first-order chi connectivity index (χ1) is 16.1. The number of anilines is 1. The maximum absolute atomic E-state index is 13.0. The van der Waals surface area contributed by atoms with Crippen molar-refractivity contribution in [3.8, 4) is 0 Å². The van der Waals surface area contributed by atoms with Crippen molar-refractivity contribution in [2.75, 3.05) is 11.9 Å². The van der Waals surface area contributed by atoms with Crippen LogP contribution < -0.4 is 5.32 Å². The van der Waals surface area contributed by atoms with Crippen molar-refractivity contribution < 1.29 is 32.5 Å². The van der Waals surface area contributed by atoms with Crippen LogP contribution in [0, 0.1) is 10.1 Å². The van der Waals surface area contributed by atoms with E-state index in [1.165, 1.54) is 48.5 Å². The number of nitro groups is 1. The number of sulfone groups is 1. The minimum Gasteiger partial charge on any atom is -0.452 e. The number of ether oxygens (including phenoxy) is 1. The number of halogens is 1. The summed E-state index contributed by atoms with van der Waals surface area (Å²) in [5.74, 6) is -2.17. The molecule has 34 heavy (non-hydrogen) atoms. The number of hydrogen-bond acceptors (Lipinski definition) is 8. The fourth-order valence-corrected chi connectivity index (χ4v) is 5.47. The molecule has 0 aromatic heterocycles. The van der Waals surface area contributed by atoms with Gasteiger partial charge in [-0.3, -0.25) is 19.7 Å². The van der Waals surface area contributed by atoms with Gasteiger partial charge >= 0.3 is 5.97 Å². The zero-order valence-electron chi connectivity index (χ0n) is 17.0. The molecule has 1 aliphatic heterocycles. The maximum Gasteiger partial charge on any atom is 0.338 e. The molecular weight excluding hydrogens is 532 g/mol. The van der Waals surface area contributed by atoms with Gasteiger partial charge in [0.05, 0.1) is 26.0 Å². The molecule has 0 radical (unpaired) electrons. The quantitative estimate of drug-likeness (QED) is 0.227. The number of carbonyl (C=O) groups is 3. The van der Waals surface area contributed by atoms with Crippen LogP contribution in [0.5, 0.6) is 0 Å². The number of fused-ring (bicyclic) bond motifs is 2. The number of hydrogen-bond donors (Lipinski definition) is 1. The topological polar surface area (TPSA) is 150 Å². The second-order valence-electron chi connectivity index (χ2n) is 7.09. The first-order valence-corrected chi connectivity index (χ1v) is 11.8. The van der Waals surface area contributed by atoms with Gasteiger partial charge in [0.2, 0.25) is 9.84 Å². The van der Waals surface area contributed by atoms with E-state index in [4.69, 9.17) is 4.74 Å². The summed E-state index contributed by atoms with van der Waals surface area (Å²) in [5, 5.41) is 13.2. The normalized spacial score (nSPS) is 13.4. The highest BCUT2D eigenvalue weighted by atomic mass is 79.9. The smallest absolute Gasteiger partial charge is 0.338 e. The third kappa shape index (κ3) is 4.20. The van der Waals surface area contributed by atoms with Crippen LogP contribution in [0.3, 0.4) is 0 Å². The summed E-state index contributed by atoms with van der Waals surface area (Å²) in [6.45, 7) is -0.701. The van der Waals surface area contributed by atoms with E-state index in [2.05, 4.69) is 21.2 Å². The molecule has 172 valence electrons. The van der Waals surface area contributed by atoms with Gasteiger partial charge in [-0.2, -0.15) is 0 Å². The standard InChI is InChI=1S/C22H13BrN2O8S/c23-16-10-13(25(29)30)6-8-17(16)24-20(26)11-33-22(28)12-5-7-15-19(9-12)34(31,32)18-4-2-1-3-14(18)21(15)27/h1-10H,11H2,(H,24,26). The van der Waals surface area contributed by atoms with Crippen molar-refractivity contribution in [1.29, 1.82) is 0 Å². The lowest BCUT2D eigenvalue weighted by atomic mass is 10.0. The molecule has 0 aliphatic carbocycles. The SMILES string of the molecule is O=C(COC(=O)c1ccc2c(c1)S(=O)(=O)c1ccccc1C2=O)Nc1ccc([N+](=O)[O-])cc1Br. The minimum atomic E-state index is -4.04. The molecule has 0 fully saturated rings. The summed E-state index contributed by atoms with van der Waals surface area (Å²) >= 11 is 3.11. The van der Waals surface area contributed by atoms with Gasteiger partial charge in [0.15, 0.2) is 12.4 Å². The third-order valence-corrected chi connectivity index (χ3v) is 7.45. The second kappa shape index (κ2) is 8.80. The summed E-state index contributed by atoms with van der Waals surface area (Å²) in [7, 11) is -4.04. The van der Waals surface area contributed by atoms with Gasteiger partial charge in [0, 0.05) is 27.7 Å². The van der Waals surface area contributed by atoms with E-state index in [9.17, 15) is 32.9 Å². The molecule has 1 N–H and O–H groups in total. The molecular formula is C22H13BrN2O8S. The molecule has 4 rings (SSSR count). The fraction of sp³-hybridized carbons (Fsp3) is 0.0455. The number of non-ortho nitro benzene ring substituents is 1. The first kappa shape index (κ1) is 23.3. The number of ketones is 1. The molecule has 0 spiro atoms. The van der Waals surface area contributed by atoms with E-state index < -0.39 is 39.0 Å². The first-order valence-electron chi connectivity index (χ1n) is 9.53. The van der Waals surface area contributed by atoms with Crippen molar-refractivity contribution in [1.82, 2.24) is 0 Å². The van der Waals surface area contributed by atoms with Crippen molar-refractivity contribution >= 4 is 54.8 Å². The molecule has 1 amide bonds. The zero-order valence-corrected chi connectivity index (χ0v) is 19.4. The predicted octanol–water partition coefficient (Wildman–Crippen LogP) is 3.53. The van der Waals surface area contributed by atoms with E-state index in [0.717, 1.165) is 6.07 Å². The van der Waals surface area contributed by atoms with Crippen LogP contribution in [0.15, 0.2) is 74.9 Å². The Labute approximate surface area is 200 Å². The Morgan fingerprint density at radius 1 is 1.00 bits per heavy atom. The molecule has 0 unspecified atom stereocenters. The lowest BCUT2D eigenvalue weighted by Gasteiger charge is -2.19. The summed E-state index contributed by atoms with van der Waals surface area (Å²) in [5.41, 5.74) is -0.113. The monoisotopic (exact) mass is 544 g/mol. The molecule has 12 heteroatoms. The Morgan fingerprint density at radius 2 is 1.71 bits per heavy atom. The van der Waals surface area contributed by atoms with Crippen LogP contribution in [-0.2, 0) is 19.4 Å². The largest absolute Gasteiger partial charge is 0.452 e. The molecule has 0 atom stereocenters. The zero-order chi connectivity index (χ0) is 24.6. The van der Waals surface area contributed by atoms with Gasteiger partial charge < -0.3 is 10.1 Å². The van der Waals surface area contributed by atoms with Crippen molar-refractivity contribution in [3.05, 3.63) is 91.9 Å². The van der Waals surface area contributed by atoms with Gasteiger partial charge in [-0.15, -0.1) is 0 Å². The van der Waals surface area contributed by atoms with E-state index in [0.29, 0.717) is 0 Å². The van der Waals surface area contributed by atoms with E-state index in [1.807, 2.05) is 0 Å². The predicted molar refractivity (Wildman–Crippen MR) is 121 cm³/mol. The van der Waals surface area contributed by atoms with Gasteiger partial charge in [-0.1, -0.05) is 12.1 Å². The lowest BCUT2D eigenvalue weighted by molar-refractivity contribution is -0.384. The maximum atomic E-state index is 13.0. The highest BCUT2D eigenvalue weighted by Crippen LogP contribution is 2.35. The molecule has 3 aromatic carbocycles. The Morgan fingerprint density at radius 3 is 2.41 bits per heavy atom. The number of esters is 1. The Kier molecular flexibility index (Phi) is 6.02. The molecule has 0 saturated carbocycles. The van der Waals surface area contributed by atoms with Gasteiger partial charge in [-0.25, -0.2) is 13.2 Å². The number of nitrogens with one attached hydrogen (secondary N) is 1. The van der Waals surface area contributed by atoms with Gasteiger partial charge in [0.1, 0.15) is 0 Å². The minimum absolute atomic E-state index is 0.0550. The molecule has 0 bridgehead atoms. The van der Waals surface area contributed by atoms with Crippen LogP contribution in [0.4, 0.5) is 11.4 Å². The van der Waals surface area contributed by atoms with Crippen LogP contribution in [0.25, 0.3) is 0 Å². The highest BCUT2D eigenvalue weighted by Gasteiger charge is 2.35. The Hall–Kier alpha value is -3.90. The van der Waals surface area contributed by atoms with E-state index >= 15 is 0 Å². The number of amides is 1. The van der Waals surface area contributed by atoms with Crippen LogP contribution >= 0.6 is 15.9 Å². The van der Waals surface area contributed by atoms with Crippen molar-refractivity contribution in [3.63, 3.8) is 0 Å². The molecule has 3 aromatic rings. The average molecular weight is 545 g/mol. The number of nitrogens with zero attached hydrogens (tertiary/aromatic N) is 1. The highest BCUT2D eigenvalue weighted by molar-refractivity contribution is 9.10. The lowest BCUT2D eigenvalue weighted by Crippen LogP contribution is -2.23. The van der Waals surface area contributed by atoms with E-state index in [1.54, 1.807) is 6.07 Å². The molecule has 1 heterocycles. The van der Waals surface area contributed by atoms with Crippen LogP contribution in [0.1, 0.15) is 26.3 Å². The van der Waals surface area contributed by atoms with Crippen LogP contribution in [-0.4, -0.2) is 37.6 Å². The molecule has 10 nitrogen and oxygen atoms in total. The van der Waals surface area contributed by atoms with Crippen LogP contribution in [0.2, 0.25) is 0 Å². The molecule has 0 saturated heterocycles. The number of nitro benzene ring substituents is 1. The fourth-order valence-electron chi connectivity index (χ4n) is 3.33. The van der Waals surface area contributed by atoms with Crippen molar-refractivity contribution in [2.24, 2.45) is 0 Å².